The molecule has 1 fully saturated rings. The molecular formula is C49H89O13P. The molecule has 0 saturated heterocycles. The highest BCUT2D eigenvalue weighted by atomic mass is 31.2. The number of aliphatic hydroxyl groups excluding tert-OH is 5. The molecule has 1 aliphatic rings. The quantitative estimate of drug-likeness (QED) is 0.0146. The summed E-state index contributed by atoms with van der Waals surface area (Å²) in [6.07, 6.45) is 31.9. The minimum atomic E-state index is -5.12. The third-order valence-electron chi connectivity index (χ3n) is 11.5. The summed E-state index contributed by atoms with van der Waals surface area (Å²) >= 11 is 0. The number of hydrogen-bond donors (Lipinski definition) is 6. The average Bonchev–Trinajstić information content (AvgIpc) is 3.26. The highest BCUT2D eigenvalue weighted by molar-refractivity contribution is 7.47. The molecule has 13 nitrogen and oxygen atoms in total. The van der Waals surface area contributed by atoms with Crippen molar-refractivity contribution in [2.75, 3.05) is 13.2 Å². The molecule has 0 heterocycles. The Labute approximate surface area is 380 Å². The zero-order valence-electron chi connectivity index (χ0n) is 39.1. The monoisotopic (exact) mass is 917 g/mol. The maximum Gasteiger partial charge on any atom is 0.472 e. The first-order chi connectivity index (χ1) is 30.4. The van der Waals surface area contributed by atoms with E-state index in [1.54, 1.807) is 0 Å². The zero-order chi connectivity index (χ0) is 46.4. The van der Waals surface area contributed by atoms with Crippen molar-refractivity contribution in [3.63, 3.8) is 0 Å². The van der Waals surface area contributed by atoms with E-state index in [0.717, 1.165) is 64.2 Å². The van der Waals surface area contributed by atoms with Gasteiger partial charge in [-0.1, -0.05) is 179 Å². The molecule has 0 bridgehead atoms. The van der Waals surface area contributed by atoms with Crippen LogP contribution in [0.5, 0.6) is 0 Å². The highest BCUT2D eigenvalue weighted by Gasteiger charge is 2.51. The number of carbonyl (C=O) groups excluding carboxylic acids is 2. The van der Waals surface area contributed by atoms with Crippen LogP contribution in [0.3, 0.4) is 0 Å². The molecule has 14 heteroatoms. The Morgan fingerprint density at radius 1 is 0.492 bits per heavy atom. The Balaban J connectivity index is 2.44. The summed E-state index contributed by atoms with van der Waals surface area (Å²) in [6, 6.07) is 0. The SMILES string of the molecule is CCCCC/C=C\C/C=C\C/C=C\CCCCCCC(=O)O[C@H](COC(=O)CCCCCCCCCCCCCCCCCCC)COP(=O)(O)OC1C(O)C(O)C(O)[C@@H](O)C1O. The molecule has 0 amide bonds. The zero-order valence-corrected chi connectivity index (χ0v) is 40.0. The van der Waals surface area contributed by atoms with Crippen LogP contribution in [0.15, 0.2) is 36.5 Å². The number of esters is 2. The Kier molecular flexibility index (Phi) is 36.8. The third-order valence-corrected chi connectivity index (χ3v) is 12.5. The number of rotatable bonds is 41. The van der Waals surface area contributed by atoms with E-state index in [9.17, 15) is 44.6 Å². The smallest absolute Gasteiger partial charge is 0.462 e. The molecule has 1 rings (SSSR count). The summed E-state index contributed by atoms with van der Waals surface area (Å²) in [4.78, 5) is 35.8. The number of hydrogen-bond acceptors (Lipinski definition) is 12. The molecule has 6 N–H and O–H groups in total. The molecule has 63 heavy (non-hydrogen) atoms. The van der Waals surface area contributed by atoms with Gasteiger partial charge in [-0.05, 0) is 51.4 Å². The summed E-state index contributed by atoms with van der Waals surface area (Å²) in [6.45, 7) is 3.27. The fourth-order valence-electron chi connectivity index (χ4n) is 7.47. The van der Waals surface area contributed by atoms with Gasteiger partial charge in [-0.25, -0.2) is 4.57 Å². The van der Waals surface area contributed by atoms with Gasteiger partial charge in [0.2, 0.25) is 0 Å². The lowest BCUT2D eigenvalue weighted by molar-refractivity contribution is -0.220. The second-order valence-electron chi connectivity index (χ2n) is 17.3. The van der Waals surface area contributed by atoms with E-state index in [4.69, 9.17) is 18.5 Å². The molecule has 0 spiro atoms. The van der Waals surface area contributed by atoms with Gasteiger partial charge < -0.3 is 39.9 Å². The second kappa shape index (κ2) is 39.3. The van der Waals surface area contributed by atoms with Gasteiger partial charge in [-0.3, -0.25) is 18.6 Å². The van der Waals surface area contributed by atoms with Crippen LogP contribution in [-0.2, 0) is 32.7 Å². The van der Waals surface area contributed by atoms with E-state index in [0.29, 0.717) is 12.8 Å². The Morgan fingerprint density at radius 2 is 0.857 bits per heavy atom. The van der Waals surface area contributed by atoms with E-state index >= 15 is 0 Å². The van der Waals surface area contributed by atoms with Crippen LogP contribution in [0.25, 0.3) is 0 Å². The lowest BCUT2D eigenvalue weighted by Crippen LogP contribution is -2.64. The fourth-order valence-corrected chi connectivity index (χ4v) is 8.44. The van der Waals surface area contributed by atoms with Crippen LogP contribution < -0.4 is 0 Å². The summed E-state index contributed by atoms with van der Waals surface area (Å²) in [5, 5.41) is 50.2. The molecule has 368 valence electrons. The van der Waals surface area contributed by atoms with Gasteiger partial charge in [0, 0.05) is 12.8 Å². The van der Waals surface area contributed by atoms with Crippen molar-refractivity contribution in [3.8, 4) is 0 Å². The van der Waals surface area contributed by atoms with E-state index in [2.05, 4.69) is 50.3 Å². The van der Waals surface area contributed by atoms with Gasteiger partial charge in [-0.2, -0.15) is 0 Å². The van der Waals surface area contributed by atoms with Crippen molar-refractivity contribution in [1.82, 2.24) is 0 Å². The fraction of sp³-hybridized carbons (Fsp3) is 0.837. The standard InChI is InChI=1S/C49H89O13P/c1-3-5-7-9-11-13-15-17-19-21-23-25-27-29-31-33-35-37-42(50)59-39-41(40-60-63(57,58)62-49-47(55)45(53)44(52)46(54)48(49)56)61-43(51)38-36-34-32-30-28-26-24-22-20-18-16-14-12-10-8-6-4-2/h12,14,18,20,24,26,41,44-49,52-56H,3-11,13,15-17,19,21-23,25,27-40H2,1-2H3,(H,57,58)/b14-12-,20-18-,26-24-/t41-,44?,45-,46?,47?,48?,49?/m1/s1. The molecule has 8 atom stereocenters. The van der Waals surface area contributed by atoms with Crippen molar-refractivity contribution < 1.29 is 63.1 Å². The molecule has 1 aliphatic carbocycles. The van der Waals surface area contributed by atoms with Crippen molar-refractivity contribution in [2.24, 2.45) is 0 Å². The summed E-state index contributed by atoms with van der Waals surface area (Å²) in [5.74, 6) is -1.12. The molecule has 0 aromatic rings. The summed E-state index contributed by atoms with van der Waals surface area (Å²) in [5.41, 5.74) is 0. The molecule has 0 aliphatic heterocycles. The van der Waals surface area contributed by atoms with E-state index in [-0.39, 0.29) is 12.8 Å². The van der Waals surface area contributed by atoms with Crippen LogP contribution in [0.1, 0.15) is 206 Å². The first-order valence-corrected chi connectivity index (χ1v) is 26.3. The number of aliphatic hydroxyl groups is 5. The first-order valence-electron chi connectivity index (χ1n) is 24.8. The summed E-state index contributed by atoms with van der Waals surface area (Å²) in [7, 11) is -5.12. The maximum absolute atomic E-state index is 12.8. The van der Waals surface area contributed by atoms with Gasteiger partial charge in [0.15, 0.2) is 6.10 Å². The van der Waals surface area contributed by atoms with Gasteiger partial charge in [-0.15, -0.1) is 0 Å². The number of carbonyl (C=O) groups is 2. The van der Waals surface area contributed by atoms with Crippen LogP contribution in [0.4, 0.5) is 0 Å². The predicted molar refractivity (Wildman–Crippen MR) is 249 cm³/mol. The maximum atomic E-state index is 12.8. The van der Waals surface area contributed by atoms with Gasteiger partial charge in [0.1, 0.15) is 43.2 Å². The normalized spacial score (nSPS) is 22.0. The average molecular weight is 917 g/mol. The predicted octanol–water partition coefficient (Wildman–Crippen LogP) is 10.2. The van der Waals surface area contributed by atoms with Crippen molar-refractivity contribution >= 4 is 19.8 Å². The molecule has 0 aromatic carbocycles. The number of phosphoric ester groups is 1. The minimum absolute atomic E-state index is 0.0727. The van der Waals surface area contributed by atoms with Crippen LogP contribution in [0.2, 0.25) is 0 Å². The van der Waals surface area contributed by atoms with Crippen molar-refractivity contribution in [1.29, 1.82) is 0 Å². The van der Waals surface area contributed by atoms with Gasteiger partial charge in [0.05, 0.1) is 6.61 Å². The van der Waals surface area contributed by atoms with Crippen LogP contribution in [-0.4, -0.2) is 98.3 Å². The van der Waals surface area contributed by atoms with Gasteiger partial charge >= 0.3 is 19.8 Å². The Morgan fingerprint density at radius 3 is 1.33 bits per heavy atom. The molecular weight excluding hydrogens is 828 g/mol. The van der Waals surface area contributed by atoms with Crippen molar-refractivity contribution in [2.45, 2.75) is 249 Å². The van der Waals surface area contributed by atoms with Gasteiger partial charge in [0.25, 0.3) is 0 Å². The van der Waals surface area contributed by atoms with Crippen LogP contribution >= 0.6 is 7.82 Å². The largest absolute Gasteiger partial charge is 0.472 e. The molecule has 1 saturated carbocycles. The number of allylic oxidation sites excluding steroid dienone is 6. The van der Waals surface area contributed by atoms with E-state index in [1.807, 2.05) is 0 Å². The number of phosphoric acid groups is 1. The lowest BCUT2D eigenvalue weighted by atomic mass is 9.85. The molecule has 6 unspecified atom stereocenters. The highest BCUT2D eigenvalue weighted by Crippen LogP contribution is 2.47. The Hall–Kier alpha value is -1.93. The first kappa shape index (κ1) is 59.1. The third kappa shape index (κ3) is 31.6. The van der Waals surface area contributed by atoms with E-state index in [1.165, 1.54) is 103 Å². The minimum Gasteiger partial charge on any atom is -0.462 e. The lowest BCUT2D eigenvalue weighted by Gasteiger charge is -2.41. The van der Waals surface area contributed by atoms with Crippen molar-refractivity contribution in [3.05, 3.63) is 36.5 Å². The second-order valence-corrected chi connectivity index (χ2v) is 18.7. The molecule has 0 aromatic heterocycles. The number of unbranched alkanes of at least 4 members (excludes halogenated alkanes) is 23. The Bertz CT molecular complexity index is 1240. The summed E-state index contributed by atoms with van der Waals surface area (Å²) < 4.78 is 33.6. The number of ether oxygens (including phenoxy) is 2. The van der Waals surface area contributed by atoms with E-state index < -0.39 is 75.7 Å². The van der Waals surface area contributed by atoms with Crippen LogP contribution in [0, 0.1) is 0 Å². The topological polar surface area (TPSA) is 210 Å². The molecule has 0 radical (unpaired) electrons.